The number of fused-ring (bicyclic) bond motifs is 1. The first-order chi connectivity index (χ1) is 8.24. The number of anilines is 2. The van der Waals surface area contributed by atoms with Crippen molar-refractivity contribution < 1.29 is 0 Å². The lowest BCUT2D eigenvalue weighted by Gasteiger charge is -2.18. The van der Waals surface area contributed by atoms with Crippen molar-refractivity contribution in [3.63, 3.8) is 0 Å². The van der Waals surface area contributed by atoms with Crippen LogP contribution in [0.2, 0.25) is 0 Å². The van der Waals surface area contributed by atoms with E-state index in [0.717, 1.165) is 25.2 Å². The summed E-state index contributed by atoms with van der Waals surface area (Å²) in [7, 11) is 0. The summed E-state index contributed by atoms with van der Waals surface area (Å²) in [6.45, 7) is 2.05. The number of halogens is 1. The van der Waals surface area contributed by atoms with Gasteiger partial charge in [0.05, 0.1) is 6.54 Å². The summed E-state index contributed by atoms with van der Waals surface area (Å²) in [6.07, 6.45) is 1.06. The molecule has 2 aromatic rings. The highest BCUT2D eigenvalue weighted by atomic mass is 79.9. The van der Waals surface area contributed by atoms with Crippen LogP contribution in [0.25, 0.3) is 0 Å². The molecule has 2 nitrogen and oxygen atoms in total. The van der Waals surface area contributed by atoms with Crippen molar-refractivity contribution in [3.8, 4) is 0 Å². The van der Waals surface area contributed by atoms with Crippen LogP contribution >= 0.6 is 27.3 Å². The summed E-state index contributed by atoms with van der Waals surface area (Å²) in [6, 6.07) is 8.39. The second-order valence-electron chi connectivity index (χ2n) is 4.25. The molecule has 0 bridgehead atoms. The summed E-state index contributed by atoms with van der Waals surface area (Å²) in [4.78, 5) is 3.79. The summed E-state index contributed by atoms with van der Waals surface area (Å²) >= 11 is 5.29. The largest absolute Gasteiger partial charge is 0.398 e. The molecule has 4 heteroatoms. The van der Waals surface area contributed by atoms with Crippen LogP contribution in [0.3, 0.4) is 0 Å². The Balaban J connectivity index is 1.86. The van der Waals surface area contributed by atoms with Crippen LogP contribution in [-0.2, 0) is 13.0 Å². The number of hydrogen-bond donors (Lipinski definition) is 1. The Bertz CT molecular complexity index is 550. The van der Waals surface area contributed by atoms with Crippen molar-refractivity contribution in [2.75, 3.05) is 17.2 Å². The number of benzene rings is 1. The van der Waals surface area contributed by atoms with Crippen LogP contribution in [0.15, 0.2) is 34.1 Å². The standard InChI is InChI=1S/C13H13BrN2S/c14-9-6-10(17-8-9)7-16-5-4-11-12(15)2-1-3-13(11)16/h1-3,6,8H,4-5,7,15H2. The van der Waals surface area contributed by atoms with Gasteiger partial charge in [-0.2, -0.15) is 0 Å². The van der Waals surface area contributed by atoms with E-state index in [1.54, 1.807) is 11.3 Å². The molecule has 0 saturated heterocycles. The van der Waals surface area contributed by atoms with Gasteiger partial charge in [-0.1, -0.05) is 6.07 Å². The zero-order valence-electron chi connectivity index (χ0n) is 9.32. The van der Waals surface area contributed by atoms with Crippen molar-refractivity contribution in [1.29, 1.82) is 0 Å². The Morgan fingerprint density at radius 1 is 1.41 bits per heavy atom. The van der Waals surface area contributed by atoms with E-state index in [2.05, 4.69) is 38.3 Å². The highest BCUT2D eigenvalue weighted by Gasteiger charge is 2.20. The minimum Gasteiger partial charge on any atom is -0.398 e. The fourth-order valence-electron chi connectivity index (χ4n) is 2.32. The van der Waals surface area contributed by atoms with E-state index in [4.69, 9.17) is 5.73 Å². The van der Waals surface area contributed by atoms with Gasteiger partial charge < -0.3 is 10.6 Å². The van der Waals surface area contributed by atoms with Gasteiger partial charge in [0.2, 0.25) is 0 Å². The van der Waals surface area contributed by atoms with E-state index in [1.807, 2.05) is 12.1 Å². The molecule has 1 aromatic heterocycles. The average Bonchev–Trinajstić information content (AvgIpc) is 2.88. The van der Waals surface area contributed by atoms with E-state index in [9.17, 15) is 0 Å². The number of rotatable bonds is 2. The van der Waals surface area contributed by atoms with Crippen molar-refractivity contribution in [3.05, 3.63) is 44.6 Å². The predicted octanol–water partition coefficient (Wildman–Crippen LogP) is 3.66. The average molecular weight is 309 g/mol. The van der Waals surface area contributed by atoms with Gasteiger partial charge in [-0.25, -0.2) is 0 Å². The Labute approximate surface area is 113 Å². The highest BCUT2D eigenvalue weighted by Crippen LogP contribution is 2.34. The third kappa shape index (κ3) is 2.07. The number of nitrogens with two attached hydrogens (primary N) is 1. The molecular weight excluding hydrogens is 296 g/mol. The minimum atomic E-state index is 0.928. The highest BCUT2D eigenvalue weighted by molar-refractivity contribution is 9.10. The SMILES string of the molecule is Nc1cccc2c1CCN2Cc1cc(Br)cs1. The van der Waals surface area contributed by atoms with Gasteiger partial charge >= 0.3 is 0 Å². The molecule has 1 aromatic carbocycles. The Morgan fingerprint density at radius 3 is 3.06 bits per heavy atom. The number of nitrogens with zero attached hydrogens (tertiary/aromatic N) is 1. The monoisotopic (exact) mass is 308 g/mol. The maximum absolute atomic E-state index is 6.00. The van der Waals surface area contributed by atoms with Crippen molar-refractivity contribution >= 4 is 38.6 Å². The Kier molecular flexibility index (Phi) is 2.84. The summed E-state index contributed by atoms with van der Waals surface area (Å²) < 4.78 is 1.17. The molecule has 2 heterocycles. The maximum Gasteiger partial charge on any atom is 0.0523 e. The van der Waals surface area contributed by atoms with Crippen LogP contribution in [0, 0.1) is 0 Å². The molecule has 0 radical (unpaired) electrons. The van der Waals surface area contributed by atoms with E-state index >= 15 is 0 Å². The number of nitrogen functional groups attached to an aromatic ring is 1. The molecule has 88 valence electrons. The third-order valence-electron chi connectivity index (χ3n) is 3.13. The minimum absolute atomic E-state index is 0.928. The summed E-state index contributed by atoms with van der Waals surface area (Å²) in [5.74, 6) is 0. The van der Waals surface area contributed by atoms with E-state index in [-0.39, 0.29) is 0 Å². The molecule has 0 unspecified atom stereocenters. The second kappa shape index (κ2) is 4.35. The molecule has 3 rings (SSSR count). The number of hydrogen-bond acceptors (Lipinski definition) is 3. The molecule has 1 aliphatic rings. The van der Waals surface area contributed by atoms with Gasteiger partial charge in [-0.05, 0) is 40.5 Å². The second-order valence-corrected chi connectivity index (χ2v) is 6.16. The lowest BCUT2D eigenvalue weighted by Crippen LogP contribution is -2.18. The normalized spacial score (nSPS) is 14.1. The fourth-order valence-corrected chi connectivity index (χ4v) is 3.78. The van der Waals surface area contributed by atoms with Crippen LogP contribution in [-0.4, -0.2) is 6.54 Å². The zero-order chi connectivity index (χ0) is 11.8. The van der Waals surface area contributed by atoms with Gasteiger partial charge in [0.15, 0.2) is 0 Å². The molecular formula is C13H13BrN2S. The van der Waals surface area contributed by atoms with E-state index < -0.39 is 0 Å². The van der Waals surface area contributed by atoms with Crippen LogP contribution in [0.1, 0.15) is 10.4 Å². The van der Waals surface area contributed by atoms with Gasteiger partial charge in [0, 0.05) is 38.2 Å². The van der Waals surface area contributed by atoms with Crippen LogP contribution in [0.4, 0.5) is 11.4 Å². The maximum atomic E-state index is 6.00. The molecule has 0 spiro atoms. The quantitative estimate of drug-likeness (QED) is 0.858. The smallest absolute Gasteiger partial charge is 0.0523 e. The summed E-state index contributed by atoms with van der Waals surface area (Å²) in [5, 5.41) is 2.13. The lowest BCUT2D eigenvalue weighted by molar-refractivity contribution is 0.846. The molecule has 1 aliphatic heterocycles. The number of thiophene rings is 1. The van der Waals surface area contributed by atoms with Crippen LogP contribution < -0.4 is 10.6 Å². The first kappa shape index (κ1) is 11.1. The Hall–Kier alpha value is -1.000. The van der Waals surface area contributed by atoms with Crippen LogP contribution in [0.5, 0.6) is 0 Å². The van der Waals surface area contributed by atoms with Crippen molar-refractivity contribution in [1.82, 2.24) is 0 Å². The molecule has 17 heavy (non-hydrogen) atoms. The van der Waals surface area contributed by atoms with Crippen molar-refractivity contribution in [2.24, 2.45) is 0 Å². The molecule has 0 atom stereocenters. The molecule has 0 fully saturated rings. The third-order valence-corrected chi connectivity index (χ3v) is 4.81. The van der Waals surface area contributed by atoms with E-state index in [1.165, 1.54) is 20.6 Å². The summed E-state index contributed by atoms with van der Waals surface area (Å²) in [5.41, 5.74) is 9.54. The molecule has 0 saturated carbocycles. The Morgan fingerprint density at radius 2 is 2.29 bits per heavy atom. The molecule has 2 N–H and O–H groups in total. The topological polar surface area (TPSA) is 29.3 Å². The predicted molar refractivity (Wildman–Crippen MR) is 77.6 cm³/mol. The zero-order valence-corrected chi connectivity index (χ0v) is 11.7. The molecule has 0 amide bonds. The van der Waals surface area contributed by atoms with Gasteiger partial charge in [-0.3, -0.25) is 0 Å². The van der Waals surface area contributed by atoms with Gasteiger partial charge in [0.25, 0.3) is 0 Å². The first-order valence-corrected chi connectivity index (χ1v) is 7.26. The van der Waals surface area contributed by atoms with Gasteiger partial charge in [-0.15, -0.1) is 11.3 Å². The fraction of sp³-hybridized carbons (Fsp3) is 0.231. The first-order valence-electron chi connectivity index (χ1n) is 5.59. The lowest BCUT2D eigenvalue weighted by atomic mass is 10.1. The van der Waals surface area contributed by atoms with E-state index in [0.29, 0.717) is 0 Å². The molecule has 0 aliphatic carbocycles. The van der Waals surface area contributed by atoms with Crippen molar-refractivity contribution in [2.45, 2.75) is 13.0 Å². The van der Waals surface area contributed by atoms with Gasteiger partial charge in [0.1, 0.15) is 0 Å².